The lowest BCUT2D eigenvalue weighted by Gasteiger charge is -2.06. The first-order valence-electron chi connectivity index (χ1n) is 6.63. The van der Waals surface area contributed by atoms with Gasteiger partial charge in [0, 0.05) is 13.5 Å². The Bertz CT molecular complexity index is 856. The van der Waals surface area contributed by atoms with E-state index in [1.807, 2.05) is 0 Å². The lowest BCUT2D eigenvalue weighted by Crippen LogP contribution is -2.12. The zero-order valence-corrected chi connectivity index (χ0v) is 11.9. The topological polar surface area (TPSA) is 66.5 Å². The number of alkyl halides is 3. The van der Waals surface area contributed by atoms with Gasteiger partial charge in [0.05, 0.1) is 0 Å². The lowest BCUT2D eigenvalue weighted by atomic mass is 10.1. The van der Waals surface area contributed by atoms with Crippen molar-refractivity contribution in [1.82, 2.24) is 19.9 Å². The molecule has 2 heterocycles. The van der Waals surface area contributed by atoms with E-state index in [1.54, 1.807) is 18.2 Å². The van der Waals surface area contributed by atoms with E-state index in [2.05, 4.69) is 25.3 Å². The minimum absolute atomic E-state index is 0.0189. The highest BCUT2D eigenvalue weighted by Crippen LogP contribution is 2.29. The third-order valence-corrected chi connectivity index (χ3v) is 3.21. The van der Waals surface area contributed by atoms with Gasteiger partial charge >= 0.3 is 6.18 Å². The molecule has 0 atom stereocenters. The van der Waals surface area contributed by atoms with Crippen LogP contribution >= 0.6 is 0 Å². The molecule has 2 aromatic heterocycles. The summed E-state index contributed by atoms with van der Waals surface area (Å²) in [5.74, 6) is -1.41. The molecule has 3 aromatic rings. The number of fused-ring (bicyclic) bond motifs is 1. The van der Waals surface area contributed by atoms with Crippen molar-refractivity contribution in [2.45, 2.75) is 12.6 Å². The molecule has 5 nitrogen and oxygen atoms in total. The number of nitrogens with one attached hydrogen (secondary N) is 2. The van der Waals surface area contributed by atoms with Gasteiger partial charge < -0.3 is 10.3 Å². The molecule has 0 unspecified atom stereocenters. The molecule has 0 aliphatic heterocycles. The highest BCUT2D eigenvalue weighted by atomic mass is 19.4. The molecule has 0 fully saturated rings. The molecule has 0 spiro atoms. The summed E-state index contributed by atoms with van der Waals surface area (Å²) in [5.41, 5.74) is 0.497. The van der Waals surface area contributed by atoms with Crippen molar-refractivity contribution in [1.29, 1.82) is 0 Å². The number of nitrogens with zero attached hydrogens (tertiary/aromatic N) is 3. The maximum absolute atomic E-state index is 13.7. The molecular weight excluding hydrogens is 314 g/mol. The molecule has 2 N–H and O–H groups in total. The van der Waals surface area contributed by atoms with Crippen molar-refractivity contribution in [2.75, 3.05) is 12.4 Å². The van der Waals surface area contributed by atoms with Crippen LogP contribution < -0.4 is 5.32 Å². The van der Waals surface area contributed by atoms with E-state index >= 15 is 0 Å². The Morgan fingerprint density at radius 3 is 2.52 bits per heavy atom. The second-order valence-corrected chi connectivity index (χ2v) is 4.79. The number of aromatic amines is 1. The number of H-pyrrole nitrogens is 1. The van der Waals surface area contributed by atoms with Crippen molar-refractivity contribution in [2.24, 2.45) is 0 Å². The molecule has 9 heteroatoms. The fourth-order valence-electron chi connectivity index (χ4n) is 2.16. The van der Waals surface area contributed by atoms with E-state index in [0.29, 0.717) is 11.4 Å². The van der Waals surface area contributed by atoms with Crippen LogP contribution in [0.5, 0.6) is 0 Å². The monoisotopic (exact) mass is 325 g/mol. The fourth-order valence-corrected chi connectivity index (χ4v) is 2.16. The molecule has 23 heavy (non-hydrogen) atoms. The fraction of sp³-hybridized carbons (Fsp3) is 0.214. The van der Waals surface area contributed by atoms with Crippen LogP contribution in [0.2, 0.25) is 0 Å². The van der Waals surface area contributed by atoms with Crippen LogP contribution in [0, 0.1) is 5.82 Å². The van der Waals surface area contributed by atoms with Gasteiger partial charge in [0.1, 0.15) is 17.2 Å². The minimum Gasteiger partial charge on any atom is -0.371 e. The first kappa shape index (κ1) is 15.2. The Kier molecular flexibility index (Phi) is 3.63. The second-order valence-electron chi connectivity index (χ2n) is 4.79. The standard InChI is InChI=1S/C14H11F4N5/c1-19-11-10-12(23-13(22-11)14(16,17)18)21-9(20-10)6-7-4-2-3-5-8(7)15/h2-5H,6H2,1H3,(H2,19,20,21,22,23). The Hall–Kier alpha value is -2.71. The van der Waals surface area contributed by atoms with E-state index < -0.39 is 17.8 Å². The van der Waals surface area contributed by atoms with Gasteiger partial charge in [0.15, 0.2) is 11.5 Å². The third-order valence-electron chi connectivity index (χ3n) is 3.21. The second kappa shape index (κ2) is 5.49. The molecular formula is C14H11F4N5. The average molecular weight is 325 g/mol. The van der Waals surface area contributed by atoms with Gasteiger partial charge in [0.25, 0.3) is 0 Å². The van der Waals surface area contributed by atoms with Crippen LogP contribution in [0.15, 0.2) is 24.3 Å². The van der Waals surface area contributed by atoms with Crippen LogP contribution in [0.4, 0.5) is 23.4 Å². The van der Waals surface area contributed by atoms with Crippen LogP contribution in [0.1, 0.15) is 17.2 Å². The minimum atomic E-state index is -4.68. The Morgan fingerprint density at radius 2 is 1.87 bits per heavy atom. The molecule has 1 aromatic carbocycles. The summed E-state index contributed by atoms with van der Waals surface area (Å²) in [6.07, 6.45) is -4.57. The first-order valence-corrected chi connectivity index (χ1v) is 6.63. The molecule has 0 radical (unpaired) electrons. The number of halogens is 4. The number of benzene rings is 1. The van der Waals surface area contributed by atoms with Crippen LogP contribution in [-0.2, 0) is 12.6 Å². The molecule has 0 bridgehead atoms. The number of hydrogen-bond donors (Lipinski definition) is 2. The van der Waals surface area contributed by atoms with E-state index in [1.165, 1.54) is 13.1 Å². The van der Waals surface area contributed by atoms with Crippen molar-refractivity contribution < 1.29 is 17.6 Å². The van der Waals surface area contributed by atoms with E-state index in [0.717, 1.165) is 0 Å². The molecule has 0 saturated heterocycles. The van der Waals surface area contributed by atoms with Gasteiger partial charge in [-0.3, -0.25) is 0 Å². The lowest BCUT2D eigenvalue weighted by molar-refractivity contribution is -0.144. The van der Waals surface area contributed by atoms with Crippen molar-refractivity contribution in [3.05, 3.63) is 47.3 Å². The summed E-state index contributed by atoms with van der Waals surface area (Å²) in [5, 5.41) is 2.57. The zero-order valence-electron chi connectivity index (χ0n) is 11.9. The van der Waals surface area contributed by atoms with Gasteiger partial charge in [-0.15, -0.1) is 0 Å². The predicted octanol–water partition coefficient (Wildman–Crippen LogP) is 3.14. The highest BCUT2D eigenvalue weighted by molar-refractivity contribution is 5.82. The number of hydrogen-bond acceptors (Lipinski definition) is 4. The average Bonchev–Trinajstić information content (AvgIpc) is 2.90. The van der Waals surface area contributed by atoms with Crippen LogP contribution in [-0.4, -0.2) is 27.0 Å². The maximum atomic E-state index is 13.7. The van der Waals surface area contributed by atoms with Crippen molar-refractivity contribution in [3.8, 4) is 0 Å². The number of aromatic nitrogens is 4. The normalized spacial score (nSPS) is 11.9. The Morgan fingerprint density at radius 1 is 1.13 bits per heavy atom. The van der Waals surface area contributed by atoms with Crippen LogP contribution in [0.25, 0.3) is 11.2 Å². The van der Waals surface area contributed by atoms with E-state index in [4.69, 9.17) is 0 Å². The van der Waals surface area contributed by atoms with Gasteiger partial charge in [0.2, 0.25) is 5.82 Å². The number of anilines is 1. The predicted molar refractivity (Wildman–Crippen MR) is 75.4 cm³/mol. The Balaban J connectivity index is 2.06. The number of rotatable bonds is 3. The summed E-state index contributed by atoms with van der Waals surface area (Å²) < 4.78 is 52.1. The van der Waals surface area contributed by atoms with Crippen LogP contribution in [0.3, 0.4) is 0 Å². The largest absolute Gasteiger partial charge is 0.451 e. The third kappa shape index (κ3) is 2.94. The maximum Gasteiger partial charge on any atom is 0.451 e. The summed E-state index contributed by atoms with van der Waals surface area (Å²) in [6.45, 7) is 0. The highest BCUT2D eigenvalue weighted by Gasteiger charge is 2.36. The van der Waals surface area contributed by atoms with E-state index in [-0.39, 0.29) is 23.4 Å². The smallest absolute Gasteiger partial charge is 0.371 e. The van der Waals surface area contributed by atoms with Gasteiger partial charge in [-0.05, 0) is 11.6 Å². The van der Waals surface area contributed by atoms with Crippen molar-refractivity contribution in [3.63, 3.8) is 0 Å². The molecule has 0 aliphatic carbocycles. The van der Waals surface area contributed by atoms with Gasteiger partial charge in [-0.2, -0.15) is 13.2 Å². The summed E-state index contributed by atoms with van der Waals surface area (Å²) in [4.78, 5) is 13.7. The quantitative estimate of drug-likeness (QED) is 0.726. The zero-order chi connectivity index (χ0) is 16.6. The number of imidazole rings is 1. The molecule has 3 rings (SSSR count). The summed E-state index contributed by atoms with van der Waals surface area (Å²) >= 11 is 0. The first-order chi connectivity index (χ1) is 10.9. The Labute approximate surface area is 127 Å². The van der Waals surface area contributed by atoms with Gasteiger partial charge in [-0.1, -0.05) is 18.2 Å². The molecule has 0 aliphatic rings. The van der Waals surface area contributed by atoms with Gasteiger partial charge in [-0.25, -0.2) is 19.3 Å². The SMILES string of the molecule is CNc1nc(C(F)(F)F)nc2nc(Cc3ccccc3F)[nH]c12. The van der Waals surface area contributed by atoms with Crippen molar-refractivity contribution >= 4 is 17.0 Å². The van der Waals surface area contributed by atoms with E-state index in [9.17, 15) is 17.6 Å². The molecule has 120 valence electrons. The molecule has 0 amide bonds. The summed E-state index contributed by atoms with van der Waals surface area (Å²) in [6, 6.07) is 6.10. The molecule has 0 saturated carbocycles. The summed E-state index contributed by atoms with van der Waals surface area (Å²) in [7, 11) is 1.44.